The average molecular weight is 529 g/mol. The number of ether oxygens (including phenoxy) is 2. The molecule has 0 unspecified atom stereocenters. The molecule has 1 aromatic heterocycles. The minimum absolute atomic E-state index is 0.130. The summed E-state index contributed by atoms with van der Waals surface area (Å²) < 4.78 is 11.2. The van der Waals surface area contributed by atoms with Crippen molar-refractivity contribution in [2.45, 2.75) is 38.8 Å². The fourth-order valence-corrected chi connectivity index (χ4v) is 4.38. The van der Waals surface area contributed by atoms with E-state index in [4.69, 9.17) is 14.5 Å². The molecule has 38 heavy (non-hydrogen) atoms. The Hall–Kier alpha value is -3.91. The number of carbonyl (C=O) groups excluding carboxylic acids is 1. The lowest BCUT2D eigenvalue weighted by molar-refractivity contribution is -0.113. The Morgan fingerprint density at radius 2 is 1.34 bits per heavy atom. The molecule has 4 aromatic rings. The number of carbonyl (C=O) groups is 1. The molecule has 8 heteroatoms. The Balaban J connectivity index is 1.54. The molecule has 1 heterocycles. The zero-order valence-electron chi connectivity index (χ0n) is 22.1. The number of aromatic nitrogens is 3. The van der Waals surface area contributed by atoms with Crippen molar-refractivity contribution in [3.63, 3.8) is 0 Å². The molecule has 0 aliphatic rings. The normalized spacial score (nSPS) is 10.9. The predicted molar refractivity (Wildman–Crippen MR) is 153 cm³/mol. The van der Waals surface area contributed by atoms with Gasteiger partial charge in [0.25, 0.3) is 0 Å². The summed E-state index contributed by atoms with van der Waals surface area (Å²) in [5.74, 6) is 2.05. The summed E-state index contributed by atoms with van der Waals surface area (Å²) in [6.45, 7) is 9.37. The van der Waals surface area contributed by atoms with Crippen molar-refractivity contribution in [1.29, 1.82) is 0 Å². The largest absolute Gasteiger partial charge is 0.494 e. The quantitative estimate of drug-likeness (QED) is 0.213. The predicted octanol–water partition coefficient (Wildman–Crippen LogP) is 6.86. The Morgan fingerprint density at radius 3 is 1.87 bits per heavy atom. The molecule has 0 bridgehead atoms. The first-order valence-corrected chi connectivity index (χ1v) is 13.7. The molecule has 0 saturated heterocycles. The Kier molecular flexibility index (Phi) is 9.32. The van der Waals surface area contributed by atoms with E-state index in [0.717, 1.165) is 28.3 Å². The van der Waals surface area contributed by atoms with Gasteiger partial charge in [-0.3, -0.25) is 4.79 Å². The lowest BCUT2D eigenvalue weighted by Gasteiger charge is -2.11. The van der Waals surface area contributed by atoms with Crippen molar-refractivity contribution in [1.82, 2.24) is 15.2 Å². The van der Waals surface area contributed by atoms with Crippen LogP contribution in [0, 0.1) is 0 Å². The third kappa shape index (κ3) is 7.10. The number of hydrogen-bond acceptors (Lipinski definition) is 7. The molecule has 0 atom stereocenters. The summed E-state index contributed by atoms with van der Waals surface area (Å²) in [6.07, 6.45) is 0. The van der Waals surface area contributed by atoms with Gasteiger partial charge in [0, 0.05) is 16.8 Å². The number of nitrogens with zero attached hydrogens (tertiary/aromatic N) is 3. The van der Waals surface area contributed by atoms with Crippen molar-refractivity contribution in [3.05, 3.63) is 78.4 Å². The van der Waals surface area contributed by atoms with E-state index >= 15 is 0 Å². The van der Waals surface area contributed by atoms with Gasteiger partial charge in [0.2, 0.25) is 11.1 Å². The van der Waals surface area contributed by atoms with E-state index in [1.807, 2.05) is 86.6 Å². The van der Waals surface area contributed by atoms with E-state index in [1.165, 1.54) is 17.3 Å². The molecule has 3 aromatic carbocycles. The minimum atomic E-state index is -0.130. The van der Waals surface area contributed by atoms with Gasteiger partial charge in [0.05, 0.1) is 19.0 Å². The van der Waals surface area contributed by atoms with Gasteiger partial charge in [-0.05, 0) is 86.0 Å². The van der Waals surface area contributed by atoms with Crippen LogP contribution in [0.4, 0.5) is 5.69 Å². The zero-order chi connectivity index (χ0) is 26.9. The van der Waals surface area contributed by atoms with E-state index in [2.05, 4.69) is 29.4 Å². The van der Waals surface area contributed by atoms with Crippen LogP contribution < -0.4 is 14.8 Å². The number of amides is 1. The van der Waals surface area contributed by atoms with Crippen molar-refractivity contribution < 1.29 is 14.3 Å². The summed E-state index contributed by atoms with van der Waals surface area (Å²) in [5.41, 5.74) is 5.07. The van der Waals surface area contributed by atoms with Crippen LogP contribution in [-0.2, 0) is 4.79 Å². The molecule has 0 saturated carbocycles. The summed E-state index contributed by atoms with van der Waals surface area (Å²) in [4.78, 5) is 17.4. The van der Waals surface area contributed by atoms with Gasteiger partial charge >= 0.3 is 0 Å². The van der Waals surface area contributed by atoms with Gasteiger partial charge in [0.1, 0.15) is 22.9 Å². The van der Waals surface area contributed by atoms with Crippen molar-refractivity contribution in [2.24, 2.45) is 0 Å². The minimum Gasteiger partial charge on any atom is -0.494 e. The highest BCUT2D eigenvalue weighted by Crippen LogP contribution is 2.32. The van der Waals surface area contributed by atoms with Crippen LogP contribution in [0.25, 0.3) is 22.5 Å². The van der Waals surface area contributed by atoms with Gasteiger partial charge in [0.15, 0.2) is 0 Å². The number of hydrogen-bond donors (Lipinski definition) is 1. The third-order valence-electron chi connectivity index (χ3n) is 5.74. The second-order valence-corrected chi connectivity index (χ2v) is 9.76. The van der Waals surface area contributed by atoms with Crippen LogP contribution in [0.1, 0.15) is 39.2 Å². The monoisotopic (exact) mass is 528 g/mol. The lowest BCUT2D eigenvalue weighted by Crippen LogP contribution is -2.14. The fraction of sp³-hybridized carbons (Fsp3) is 0.267. The molecule has 0 spiro atoms. The first kappa shape index (κ1) is 27.1. The number of rotatable bonds is 11. The summed E-state index contributed by atoms with van der Waals surface area (Å²) in [5, 5.41) is 12.2. The van der Waals surface area contributed by atoms with Gasteiger partial charge in [-0.1, -0.05) is 37.7 Å². The first-order valence-electron chi connectivity index (χ1n) is 12.7. The molecule has 0 aliphatic heterocycles. The Morgan fingerprint density at radius 1 is 0.789 bits per heavy atom. The van der Waals surface area contributed by atoms with Crippen LogP contribution in [-0.4, -0.2) is 40.1 Å². The molecule has 4 rings (SSSR count). The van der Waals surface area contributed by atoms with Crippen LogP contribution in [0.5, 0.6) is 11.5 Å². The maximum absolute atomic E-state index is 12.6. The maximum atomic E-state index is 12.6. The summed E-state index contributed by atoms with van der Waals surface area (Å²) in [6, 6.07) is 23.3. The maximum Gasteiger partial charge on any atom is 0.234 e. The molecule has 0 fully saturated rings. The lowest BCUT2D eigenvalue weighted by atomic mass is 10.0. The van der Waals surface area contributed by atoms with Crippen LogP contribution >= 0.6 is 11.8 Å². The van der Waals surface area contributed by atoms with E-state index < -0.39 is 0 Å². The second-order valence-electron chi connectivity index (χ2n) is 8.82. The van der Waals surface area contributed by atoms with E-state index in [1.54, 1.807) is 0 Å². The molecule has 196 valence electrons. The highest BCUT2D eigenvalue weighted by molar-refractivity contribution is 7.99. The second kappa shape index (κ2) is 13.1. The number of nitrogens with one attached hydrogen (secondary N) is 1. The standard InChI is InChI=1S/C30H32N4O3S/c1-5-36-25-15-9-22(10-16-25)28-29(23-11-17-26(18-12-23)37-6-2)33-34-30(32-28)38-19-27(35)31-24-13-7-21(8-14-24)20(3)4/h7-18,20H,5-6,19H2,1-4H3,(H,31,35). The van der Waals surface area contributed by atoms with Crippen molar-refractivity contribution >= 4 is 23.4 Å². The van der Waals surface area contributed by atoms with E-state index in [0.29, 0.717) is 35.7 Å². The van der Waals surface area contributed by atoms with E-state index in [9.17, 15) is 4.79 Å². The third-order valence-corrected chi connectivity index (χ3v) is 6.58. The van der Waals surface area contributed by atoms with Gasteiger partial charge in [-0.2, -0.15) is 0 Å². The number of benzene rings is 3. The summed E-state index contributed by atoms with van der Waals surface area (Å²) in [7, 11) is 0. The van der Waals surface area contributed by atoms with Gasteiger partial charge < -0.3 is 14.8 Å². The van der Waals surface area contributed by atoms with Crippen molar-refractivity contribution in [3.8, 4) is 34.0 Å². The molecule has 1 N–H and O–H groups in total. The van der Waals surface area contributed by atoms with Gasteiger partial charge in [-0.25, -0.2) is 4.98 Å². The number of anilines is 1. The number of thioether (sulfide) groups is 1. The first-order chi connectivity index (χ1) is 18.5. The SMILES string of the molecule is CCOc1ccc(-c2nnc(SCC(=O)Nc3ccc(C(C)C)cc3)nc2-c2ccc(OCC)cc2)cc1. The molecule has 0 radical (unpaired) electrons. The van der Waals surface area contributed by atoms with E-state index in [-0.39, 0.29) is 11.7 Å². The molecular formula is C30H32N4O3S. The Labute approximate surface area is 228 Å². The van der Waals surface area contributed by atoms with Crippen LogP contribution in [0.2, 0.25) is 0 Å². The van der Waals surface area contributed by atoms with Gasteiger partial charge in [-0.15, -0.1) is 10.2 Å². The fourth-order valence-electron chi connectivity index (χ4n) is 3.80. The zero-order valence-corrected chi connectivity index (χ0v) is 22.9. The van der Waals surface area contributed by atoms with Crippen LogP contribution in [0.15, 0.2) is 78.0 Å². The molecule has 7 nitrogen and oxygen atoms in total. The van der Waals surface area contributed by atoms with Crippen molar-refractivity contribution in [2.75, 3.05) is 24.3 Å². The molecule has 0 aliphatic carbocycles. The van der Waals surface area contributed by atoms with Crippen LogP contribution in [0.3, 0.4) is 0 Å². The Bertz CT molecular complexity index is 1340. The molecule has 1 amide bonds. The smallest absolute Gasteiger partial charge is 0.234 e. The highest BCUT2D eigenvalue weighted by atomic mass is 32.2. The molecular weight excluding hydrogens is 496 g/mol. The average Bonchev–Trinajstić information content (AvgIpc) is 2.93. The highest BCUT2D eigenvalue weighted by Gasteiger charge is 2.16. The topological polar surface area (TPSA) is 86.2 Å². The summed E-state index contributed by atoms with van der Waals surface area (Å²) >= 11 is 1.25.